The molecule has 1 aliphatic rings. The monoisotopic (exact) mass is 265 g/mol. The van der Waals surface area contributed by atoms with Crippen LogP contribution in [0.5, 0.6) is 0 Å². The van der Waals surface area contributed by atoms with Crippen LogP contribution < -0.4 is 0 Å². The third-order valence-corrected chi connectivity index (χ3v) is 3.78. The molecule has 0 spiro atoms. The number of benzene rings is 2. The molecule has 3 nitrogen and oxygen atoms in total. The minimum Gasteiger partial charge on any atom is -0.285 e. The van der Waals surface area contributed by atoms with Crippen LogP contribution in [-0.2, 0) is 9.59 Å². The van der Waals surface area contributed by atoms with Crippen molar-refractivity contribution >= 4 is 11.8 Å². The first kappa shape index (κ1) is 12.6. The number of likely N-dealkylation sites (tertiary alicyclic amines) is 1. The maximum absolute atomic E-state index is 12.1. The van der Waals surface area contributed by atoms with Gasteiger partial charge in [0.1, 0.15) is 0 Å². The van der Waals surface area contributed by atoms with Crippen LogP contribution in [0.4, 0.5) is 0 Å². The summed E-state index contributed by atoms with van der Waals surface area (Å²) < 4.78 is 0. The zero-order valence-corrected chi connectivity index (χ0v) is 11.2. The van der Waals surface area contributed by atoms with Gasteiger partial charge in [0.05, 0.1) is 5.92 Å². The SMILES string of the molecule is CN1C(=O)CC(c2cccc(-c3ccccc3)c2)C1=O. The fourth-order valence-corrected chi connectivity index (χ4v) is 2.58. The molecule has 100 valence electrons. The molecule has 0 saturated carbocycles. The van der Waals surface area contributed by atoms with E-state index in [4.69, 9.17) is 0 Å². The van der Waals surface area contributed by atoms with E-state index in [1.807, 2.05) is 54.6 Å². The van der Waals surface area contributed by atoms with Crippen LogP contribution in [0.1, 0.15) is 17.9 Å². The van der Waals surface area contributed by atoms with Crippen molar-refractivity contribution in [1.29, 1.82) is 0 Å². The maximum Gasteiger partial charge on any atom is 0.236 e. The standard InChI is InChI=1S/C17H15NO2/c1-18-16(19)11-15(17(18)20)14-9-5-8-13(10-14)12-6-3-2-4-7-12/h2-10,15H,11H2,1H3. The second-order valence-corrected chi connectivity index (χ2v) is 5.04. The summed E-state index contributed by atoms with van der Waals surface area (Å²) in [5.74, 6) is -0.554. The summed E-state index contributed by atoms with van der Waals surface area (Å²) in [7, 11) is 1.55. The second kappa shape index (κ2) is 4.93. The van der Waals surface area contributed by atoms with Gasteiger partial charge in [-0.3, -0.25) is 14.5 Å². The van der Waals surface area contributed by atoms with Crippen LogP contribution in [0.3, 0.4) is 0 Å². The third kappa shape index (κ3) is 2.11. The maximum atomic E-state index is 12.1. The highest BCUT2D eigenvalue weighted by Crippen LogP contribution is 2.31. The lowest BCUT2D eigenvalue weighted by atomic mass is 9.94. The topological polar surface area (TPSA) is 37.4 Å². The number of carbonyl (C=O) groups excluding carboxylic acids is 2. The molecule has 1 unspecified atom stereocenters. The Bertz CT molecular complexity index is 664. The number of hydrogen-bond donors (Lipinski definition) is 0. The highest BCUT2D eigenvalue weighted by atomic mass is 16.2. The Kier molecular flexibility index (Phi) is 3.11. The van der Waals surface area contributed by atoms with Crippen molar-refractivity contribution < 1.29 is 9.59 Å². The second-order valence-electron chi connectivity index (χ2n) is 5.04. The Labute approximate surface area is 117 Å². The van der Waals surface area contributed by atoms with Crippen molar-refractivity contribution in [1.82, 2.24) is 4.90 Å². The number of hydrogen-bond acceptors (Lipinski definition) is 2. The first-order chi connectivity index (χ1) is 9.66. The van der Waals surface area contributed by atoms with E-state index in [9.17, 15) is 9.59 Å². The molecule has 0 aliphatic carbocycles. The van der Waals surface area contributed by atoms with Gasteiger partial charge in [0, 0.05) is 13.5 Å². The van der Waals surface area contributed by atoms with E-state index in [-0.39, 0.29) is 24.2 Å². The normalized spacial score (nSPS) is 18.6. The smallest absolute Gasteiger partial charge is 0.236 e. The van der Waals surface area contributed by atoms with Gasteiger partial charge in [-0.05, 0) is 16.7 Å². The predicted octanol–water partition coefficient (Wildman–Crippen LogP) is 2.83. The molecule has 0 N–H and O–H groups in total. The van der Waals surface area contributed by atoms with E-state index in [0.29, 0.717) is 0 Å². The molecule has 1 atom stereocenters. The van der Waals surface area contributed by atoms with Crippen LogP contribution in [0.2, 0.25) is 0 Å². The third-order valence-electron chi connectivity index (χ3n) is 3.78. The number of nitrogens with zero attached hydrogens (tertiary/aromatic N) is 1. The molecule has 3 rings (SSSR count). The number of rotatable bonds is 2. The molecule has 0 radical (unpaired) electrons. The summed E-state index contributed by atoms with van der Waals surface area (Å²) in [5, 5.41) is 0. The molecule has 2 amide bonds. The van der Waals surface area contributed by atoms with E-state index in [0.717, 1.165) is 16.7 Å². The lowest BCUT2D eigenvalue weighted by Gasteiger charge is -2.11. The first-order valence-corrected chi connectivity index (χ1v) is 6.62. The van der Waals surface area contributed by atoms with Gasteiger partial charge in [0.15, 0.2) is 0 Å². The van der Waals surface area contributed by atoms with E-state index >= 15 is 0 Å². The Morgan fingerprint density at radius 1 is 0.950 bits per heavy atom. The van der Waals surface area contributed by atoms with E-state index < -0.39 is 0 Å². The Hall–Kier alpha value is -2.42. The molecule has 1 heterocycles. The van der Waals surface area contributed by atoms with Crippen molar-refractivity contribution in [2.24, 2.45) is 0 Å². The van der Waals surface area contributed by atoms with Gasteiger partial charge in [-0.25, -0.2) is 0 Å². The van der Waals surface area contributed by atoms with E-state index in [1.54, 1.807) is 7.05 Å². The highest BCUT2D eigenvalue weighted by molar-refractivity contribution is 6.06. The lowest BCUT2D eigenvalue weighted by molar-refractivity contribution is -0.137. The molecule has 0 aromatic heterocycles. The van der Waals surface area contributed by atoms with Crippen molar-refractivity contribution in [3.8, 4) is 11.1 Å². The van der Waals surface area contributed by atoms with Gasteiger partial charge in [0.2, 0.25) is 11.8 Å². The number of likely N-dealkylation sites (N-methyl/N-ethyl adjacent to an activating group) is 1. The Morgan fingerprint density at radius 2 is 1.65 bits per heavy atom. The highest BCUT2D eigenvalue weighted by Gasteiger charge is 2.36. The predicted molar refractivity (Wildman–Crippen MR) is 77.0 cm³/mol. The summed E-state index contributed by atoms with van der Waals surface area (Å²) in [6.07, 6.45) is 0.271. The van der Waals surface area contributed by atoms with Gasteiger partial charge >= 0.3 is 0 Å². The average molecular weight is 265 g/mol. The molecule has 20 heavy (non-hydrogen) atoms. The average Bonchev–Trinajstić information content (AvgIpc) is 2.76. The van der Waals surface area contributed by atoms with Gasteiger partial charge in [-0.2, -0.15) is 0 Å². The zero-order chi connectivity index (χ0) is 14.1. The van der Waals surface area contributed by atoms with E-state index in [2.05, 4.69) is 0 Å². The molecule has 2 aromatic carbocycles. The minimum atomic E-state index is -0.337. The van der Waals surface area contributed by atoms with Crippen molar-refractivity contribution in [2.45, 2.75) is 12.3 Å². The fourth-order valence-electron chi connectivity index (χ4n) is 2.58. The number of imide groups is 1. The van der Waals surface area contributed by atoms with Gasteiger partial charge < -0.3 is 0 Å². The molecule has 1 aliphatic heterocycles. The van der Waals surface area contributed by atoms with Gasteiger partial charge in [-0.1, -0.05) is 54.6 Å². The van der Waals surface area contributed by atoms with Crippen LogP contribution in [-0.4, -0.2) is 23.8 Å². The van der Waals surface area contributed by atoms with Crippen LogP contribution in [0, 0.1) is 0 Å². The molecule has 1 saturated heterocycles. The summed E-state index contributed by atoms with van der Waals surface area (Å²) in [4.78, 5) is 24.9. The molecular formula is C17H15NO2. The zero-order valence-electron chi connectivity index (χ0n) is 11.2. The largest absolute Gasteiger partial charge is 0.285 e. The summed E-state index contributed by atoms with van der Waals surface area (Å²) in [5.41, 5.74) is 3.09. The summed E-state index contributed by atoms with van der Waals surface area (Å²) in [6.45, 7) is 0. The molecule has 1 fully saturated rings. The van der Waals surface area contributed by atoms with Crippen molar-refractivity contribution in [3.05, 3.63) is 60.2 Å². The van der Waals surface area contributed by atoms with Crippen LogP contribution in [0.25, 0.3) is 11.1 Å². The van der Waals surface area contributed by atoms with Gasteiger partial charge in [-0.15, -0.1) is 0 Å². The van der Waals surface area contributed by atoms with E-state index in [1.165, 1.54) is 4.90 Å². The molecule has 0 bridgehead atoms. The van der Waals surface area contributed by atoms with Crippen molar-refractivity contribution in [3.63, 3.8) is 0 Å². The number of carbonyl (C=O) groups is 2. The fraction of sp³-hybridized carbons (Fsp3) is 0.176. The van der Waals surface area contributed by atoms with Gasteiger partial charge in [0.25, 0.3) is 0 Å². The minimum absolute atomic E-state index is 0.106. The van der Waals surface area contributed by atoms with Crippen LogP contribution >= 0.6 is 0 Å². The van der Waals surface area contributed by atoms with Crippen molar-refractivity contribution in [2.75, 3.05) is 7.05 Å². The molecule has 2 aromatic rings. The number of amides is 2. The Morgan fingerprint density at radius 3 is 2.30 bits per heavy atom. The molecule has 3 heteroatoms. The molecular weight excluding hydrogens is 250 g/mol. The first-order valence-electron chi connectivity index (χ1n) is 6.62. The van der Waals surface area contributed by atoms with Crippen LogP contribution in [0.15, 0.2) is 54.6 Å². The summed E-state index contributed by atoms with van der Waals surface area (Å²) in [6, 6.07) is 17.9. The summed E-state index contributed by atoms with van der Waals surface area (Å²) >= 11 is 0. The lowest BCUT2D eigenvalue weighted by Crippen LogP contribution is -2.25. The Balaban J connectivity index is 1.97. The quantitative estimate of drug-likeness (QED) is 0.783.